The van der Waals surface area contributed by atoms with Gasteiger partial charge in [0.1, 0.15) is 16.9 Å². The third-order valence-corrected chi connectivity index (χ3v) is 7.52. The van der Waals surface area contributed by atoms with Crippen LogP contribution in [0.15, 0.2) is 22.1 Å². The van der Waals surface area contributed by atoms with Crippen molar-refractivity contribution in [3.05, 3.63) is 39.1 Å². The van der Waals surface area contributed by atoms with Crippen molar-refractivity contribution in [2.45, 2.75) is 75.7 Å². The number of aromatic hydroxyl groups is 1. The van der Waals surface area contributed by atoms with Gasteiger partial charge in [0.2, 0.25) is 11.8 Å². The number of carbonyl (C=O) groups excluding carboxylic acids is 1. The molecule has 38 heavy (non-hydrogen) atoms. The minimum Gasteiger partial charge on any atom is -0.493 e. The Morgan fingerprint density at radius 3 is 2.47 bits per heavy atom. The Labute approximate surface area is 213 Å². The van der Waals surface area contributed by atoms with Gasteiger partial charge in [-0.05, 0) is 57.4 Å². The van der Waals surface area contributed by atoms with Gasteiger partial charge in [-0.25, -0.2) is 9.78 Å². The number of halogens is 3. The second-order valence-corrected chi connectivity index (χ2v) is 10.4. The summed E-state index contributed by atoms with van der Waals surface area (Å²) in [5, 5.41) is 20.9. The standard InChI is InChI=1S/C24H27F3N8O3/c25-24(26,27)23(7-8-23)21(37)31-15-5-1-13(2-6-15)29-17-10-18(30-14-3-4-14)35-19(33-17)12(11-28-35)9-16-20(36)34-22(38)32-16/h9-11,13-15,29,36H,1-8H2,(H,31,37)(H2,32,34,38). The number of anilines is 1. The highest BCUT2D eigenvalue weighted by Gasteiger charge is 2.68. The molecule has 3 heterocycles. The van der Waals surface area contributed by atoms with Crippen molar-refractivity contribution in [3.63, 3.8) is 0 Å². The minimum atomic E-state index is -4.51. The first-order valence-electron chi connectivity index (χ1n) is 12.7. The van der Waals surface area contributed by atoms with E-state index in [0.717, 1.165) is 12.8 Å². The predicted octanol–water partition coefficient (Wildman–Crippen LogP) is 1.24. The number of carbonyl (C=O) groups is 1. The summed E-state index contributed by atoms with van der Waals surface area (Å²) in [6.45, 7) is 0. The van der Waals surface area contributed by atoms with Crippen LogP contribution in [0.3, 0.4) is 0 Å². The predicted molar refractivity (Wildman–Crippen MR) is 129 cm³/mol. The number of hydrogen-bond donors (Lipinski definition) is 5. The van der Waals surface area contributed by atoms with E-state index in [4.69, 9.17) is 9.98 Å². The Bertz CT molecular complexity index is 1560. The highest BCUT2D eigenvalue weighted by atomic mass is 19.4. The van der Waals surface area contributed by atoms with E-state index in [1.807, 2.05) is 6.07 Å². The summed E-state index contributed by atoms with van der Waals surface area (Å²) in [5.74, 6) is -0.627. The van der Waals surface area contributed by atoms with Gasteiger partial charge in [-0.3, -0.25) is 14.8 Å². The first-order valence-corrected chi connectivity index (χ1v) is 12.7. The van der Waals surface area contributed by atoms with Crippen LogP contribution >= 0.6 is 0 Å². The van der Waals surface area contributed by atoms with Crippen molar-refractivity contribution in [2.24, 2.45) is 10.4 Å². The van der Waals surface area contributed by atoms with Gasteiger partial charge >= 0.3 is 11.9 Å². The molecule has 3 saturated carbocycles. The quantitative estimate of drug-likeness (QED) is 0.322. The number of nitrogens with zero attached hydrogens (tertiary/aromatic N) is 4. The molecule has 0 spiro atoms. The average Bonchev–Trinajstić information content (AvgIpc) is 3.77. The van der Waals surface area contributed by atoms with E-state index in [1.54, 1.807) is 16.8 Å². The third kappa shape index (κ3) is 4.63. The second-order valence-electron chi connectivity index (χ2n) is 10.4. The molecule has 0 bridgehead atoms. The fraction of sp³-hybridized carbons (Fsp3) is 0.542. The largest absolute Gasteiger partial charge is 0.493 e. The number of fused-ring (bicyclic) bond motifs is 1. The molecule has 6 rings (SSSR count). The van der Waals surface area contributed by atoms with E-state index in [-0.39, 0.29) is 42.5 Å². The molecule has 0 radical (unpaired) electrons. The van der Waals surface area contributed by atoms with E-state index in [1.165, 1.54) is 0 Å². The van der Waals surface area contributed by atoms with Crippen LogP contribution in [-0.2, 0) is 4.79 Å². The zero-order valence-electron chi connectivity index (χ0n) is 20.3. The van der Waals surface area contributed by atoms with Gasteiger partial charge in [0.25, 0.3) is 0 Å². The summed E-state index contributed by atoms with van der Waals surface area (Å²) in [7, 11) is 0. The number of alkyl halides is 3. The van der Waals surface area contributed by atoms with E-state index < -0.39 is 23.2 Å². The van der Waals surface area contributed by atoms with Crippen molar-refractivity contribution < 1.29 is 23.1 Å². The average molecular weight is 533 g/mol. The number of aromatic nitrogens is 5. The van der Waals surface area contributed by atoms with Crippen LogP contribution in [0.2, 0.25) is 0 Å². The van der Waals surface area contributed by atoms with Crippen molar-refractivity contribution in [3.8, 4) is 5.88 Å². The van der Waals surface area contributed by atoms with Crippen molar-refractivity contribution in [1.82, 2.24) is 29.9 Å². The topological polar surface area (TPSA) is 153 Å². The molecule has 0 saturated heterocycles. The van der Waals surface area contributed by atoms with E-state index in [0.29, 0.717) is 47.9 Å². The Morgan fingerprint density at radius 2 is 1.87 bits per heavy atom. The Morgan fingerprint density at radius 1 is 1.16 bits per heavy atom. The van der Waals surface area contributed by atoms with Crippen LogP contribution in [-0.4, -0.2) is 59.9 Å². The summed E-state index contributed by atoms with van der Waals surface area (Å²) in [6, 6.07) is 1.76. The molecule has 3 aliphatic rings. The summed E-state index contributed by atoms with van der Waals surface area (Å²) in [6.07, 6.45) is 2.76. The third-order valence-electron chi connectivity index (χ3n) is 7.52. The van der Waals surface area contributed by atoms with Gasteiger partial charge in [-0.15, -0.1) is 0 Å². The van der Waals surface area contributed by atoms with Crippen molar-refractivity contribution in [2.75, 3.05) is 5.32 Å². The normalized spacial score (nSPS) is 24.1. The monoisotopic (exact) mass is 532 g/mol. The van der Waals surface area contributed by atoms with Gasteiger partial charge in [-0.1, -0.05) is 0 Å². The number of aromatic amines is 2. The smallest absolute Gasteiger partial charge is 0.403 e. The molecule has 14 heteroatoms. The molecule has 3 fully saturated rings. The molecule has 0 aromatic carbocycles. The molecule has 0 atom stereocenters. The Kier molecular flexibility index (Phi) is 5.72. The van der Waals surface area contributed by atoms with Crippen LogP contribution in [0, 0.1) is 5.41 Å². The maximum Gasteiger partial charge on any atom is 0.403 e. The van der Waals surface area contributed by atoms with E-state index in [9.17, 15) is 27.9 Å². The summed E-state index contributed by atoms with van der Waals surface area (Å²) in [5.41, 5.74) is -1.44. The van der Waals surface area contributed by atoms with Crippen LogP contribution in [0.25, 0.3) is 11.7 Å². The number of rotatable bonds is 6. The molecule has 5 N–H and O–H groups in total. The molecule has 3 aliphatic carbocycles. The van der Waals surface area contributed by atoms with Crippen LogP contribution < -0.4 is 27.0 Å². The molecule has 3 aromatic heterocycles. The first-order chi connectivity index (χ1) is 18.1. The van der Waals surface area contributed by atoms with Gasteiger partial charge in [0, 0.05) is 23.4 Å². The molecule has 202 valence electrons. The number of nitrogens with one attached hydrogen (secondary N) is 4. The zero-order chi connectivity index (χ0) is 26.7. The number of hydrogen-bond acceptors (Lipinski definition) is 7. The van der Waals surface area contributed by atoms with Crippen LogP contribution in [0.5, 0.6) is 5.88 Å². The lowest BCUT2D eigenvalue weighted by atomic mass is 9.90. The number of H-pyrrole nitrogens is 2. The molecular weight excluding hydrogens is 505 g/mol. The number of imidazole rings is 1. The zero-order valence-corrected chi connectivity index (χ0v) is 20.3. The first kappa shape index (κ1) is 24.5. The van der Waals surface area contributed by atoms with Gasteiger partial charge in [0.05, 0.1) is 12.2 Å². The van der Waals surface area contributed by atoms with Crippen molar-refractivity contribution in [1.29, 1.82) is 0 Å². The molecule has 0 unspecified atom stereocenters. The minimum absolute atomic E-state index is 0.0183. The summed E-state index contributed by atoms with van der Waals surface area (Å²) < 4.78 is 41.4. The molecule has 1 amide bonds. The Hall–Kier alpha value is -3.84. The lowest BCUT2D eigenvalue weighted by Crippen LogP contribution is -2.47. The molecular formula is C24H27F3N8O3. The molecule has 11 nitrogen and oxygen atoms in total. The maximum absolute atomic E-state index is 13.3. The van der Waals surface area contributed by atoms with Gasteiger partial charge < -0.3 is 20.7 Å². The number of amides is 1. The van der Waals surface area contributed by atoms with E-state index in [2.05, 4.69) is 25.7 Å². The van der Waals surface area contributed by atoms with Gasteiger partial charge in [0.15, 0.2) is 11.1 Å². The SMILES string of the molecule is O=C(NC1CCC(Nc2cc(=NC3CC3)n3ncc(=Cc4[nH]c(=O)[nH]c4O)c3n2)CC1)C1(C(F)(F)F)CC1. The fourth-order valence-electron chi connectivity index (χ4n) is 4.95. The van der Waals surface area contributed by atoms with Crippen LogP contribution in [0.1, 0.15) is 57.1 Å². The summed E-state index contributed by atoms with van der Waals surface area (Å²) in [4.78, 5) is 38.1. The summed E-state index contributed by atoms with van der Waals surface area (Å²) >= 11 is 0. The molecule has 3 aromatic rings. The lowest BCUT2D eigenvalue weighted by molar-refractivity contribution is -0.192. The molecule has 0 aliphatic heterocycles. The lowest BCUT2D eigenvalue weighted by Gasteiger charge is -2.31. The van der Waals surface area contributed by atoms with Crippen molar-refractivity contribution >= 4 is 23.4 Å². The van der Waals surface area contributed by atoms with Crippen LogP contribution in [0.4, 0.5) is 19.0 Å². The van der Waals surface area contributed by atoms with Gasteiger partial charge in [-0.2, -0.15) is 22.8 Å². The maximum atomic E-state index is 13.3. The second kappa shape index (κ2) is 8.88. The van der Waals surface area contributed by atoms with E-state index >= 15 is 0 Å². The highest BCUT2D eigenvalue weighted by Crippen LogP contribution is 2.57. The Balaban J connectivity index is 1.20. The fourth-order valence-corrected chi connectivity index (χ4v) is 4.95. The highest BCUT2D eigenvalue weighted by molar-refractivity contribution is 5.86.